The van der Waals surface area contributed by atoms with Gasteiger partial charge in [-0.2, -0.15) is 0 Å². The Hall–Kier alpha value is -0.110. The molecule has 0 unspecified atom stereocenters. The van der Waals surface area contributed by atoms with E-state index in [1.54, 1.807) is 0 Å². The van der Waals surface area contributed by atoms with Crippen molar-refractivity contribution in [3.8, 4) is 0 Å². The van der Waals surface area contributed by atoms with Gasteiger partial charge in [0, 0.05) is 12.7 Å². The minimum atomic E-state index is 1.07. The van der Waals surface area contributed by atoms with Gasteiger partial charge in [-0.15, -0.1) is 0 Å². The molecule has 1 aliphatic heterocycles. The summed E-state index contributed by atoms with van der Waals surface area (Å²) < 4.78 is 1.88. The Bertz CT molecular complexity index is 69.9. The molecule has 6 heavy (non-hydrogen) atoms. The summed E-state index contributed by atoms with van der Waals surface area (Å²) in [5.74, 6) is 0. The van der Waals surface area contributed by atoms with Gasteiger partial charge in [-0.1, -0.05) is 18.9 Å². The van der Waals surface area contributed by atoms with Gasteiger partial charge in [-0.05, 0) is 6.42 Å². The highest BCUT2D eigenvalue weighted by Crippen LogP contribution is 2.04. The second-order valence-corrected chi connectivity index (χ2v) is 1.85. The first-order chi connectivity index (χ1) is 2.89. The van der Waals surface area contributed by atoms with Crippen LogP contribution in [0, 0.1) is 0 Å². The molecule has 1 nitrogen and oxygen atoms in total. The fraction of sp³-hybridized carbons (Fsp3) is 0.500. The van der Waals surface area contributed by atoms with Crippen LogP contribution in [0.4, 0.5) is 0 Å². The van der Waals surface area contributed by atoms with E-state index < -0.39 is 0 Å². The van der Waals surface area contributed by atoms with Crippen molar-refractivity contribution in [2.24, 2.45) is 0 Å². The van der Waals surface area contributed by atoms with E-state index in [4.69, 9.17) is 0 Å². The molecular weight excluding hydrogens is 94.1 g/mol. The second kappa shape index (κ2) is 1.56. The highest BCUT2D eigenvalue weighted by atomic mass is 32.1. The van der Waals surface area contributed by atoms with Gasteiger partial charge in [0.1, 0.15) is 0 Å². The lowest BCUT2D eigenvalue weighted by atomic mass is 10.5. The van der Waals surface area contributed by atoms with Crippen LogP contribution in [0.1, 0.15) is 6.42 Å². The molecule has 0 aromatic heterocycles. The summed E-state index contributed by atoms with van der Waals surface area (Å²) in [4.78, 5) is 0. The largest absolute Gasteiger partial charge is 0.326 e. The van der Waals surface area contributed by atoms with Crippen LogP contribution >= 0.6 is 12.8 Å². The minimum absolute atomic E-state index is 1.07. The monoisotopic (exact) mass is 101 g/mol. The van der Waals surface area contributed by atoms with Crippen LogP contribution in [-0.2, 0) is 0 Å². The topological polar surface area (TPSA) is 3.24 Å². The molecule has 0 bridgehead atoms. The zero-order valence-electron chi connectivity index (χ0n) is 3.46. The molecule has 1 rings (SSSR count). The maximum atomic E-state index is 4.04. The highest BCUT2D eigenvalue weighted by Gasteiger charge is 1.94. The lowest BCUT2D eigenvalue weighted by Crippen LogP contribution is -1.96. The molecule has 0 amide bonds. The third-order valence-electron chi connectivity index (χ3n) is 0.802. The summed E-state index contributed by atoms with van der Waals surface area (Å²) in [5.41, 5.74) is 0. The highest BCUT2D eigenvalue weighted by molar-refractivity contribution is 7.77. The average molecular weight is 101 g/mol. The summed E-state index contributed by atoms with van der Waals surface area (Å²) in [6, 6.07) is 0. The first-order valence-electron chi connectivity index (χ1n) is 2.02. The van der Waals surface area contributed by atoms with Crippen molar-refractivity contribution in [1.29, 1.82) is 0 Å². The summed E-state index contributed by atoms with van der Waals surface area (Å²) in [5, 5.41) is 0. The quantitative estimate of drug-likeness (QED) is 0.446. The van der Waals surface area contributed by atoms with Gasteiger partial charge >= 0.3 is 0 Å². The fourth-order valence-electron chi connectivity index (χ4n) is 0.478. The van der Waals surface area contributed by atoms with Crippen LogP contribution < -0.4 is 0 Å². The molecule has 0 atom stereocenters. The van der Waals surface area contributed by atoms with Crippen molar-refractivity contribution in [3.05, 3.63) is 12.3 Å². The zero-order valence-corrected chi connectivity index (χ0v) is 4.36. The van der Waals surface area contributed by atoms with Crippen LogP contribution in [0.15, 0.2) is 12.3 Å². The van der Waals surface area contributed by atoms with Gasteiger partial charge in [0.25, 0.3) is 0 Å². The molecule has 0 aliphatic carbocycles. The third-order valence-corrected chi connectivity index (χ3v) is 1.14. The molecule has 1 heterocycles. The first kappa shape index (κ1) is 4.06. The summed E-state index contributed by atoms with van der Waals surface area (Å²) in [6.45, 7) is 1.07. The number of hydrogen-bond donors (Lipinski definition) is 1. The molecule has 1 aliphatic rings. The van der Waals surface area contributed by atoms with E-state index in [-0.39, 0.29) is 0 Å². The Labute approximate surface area is 43.2 Å². The standard InChI is InChI=1S/C4H7NS/c6-5-3-1-2-4-5/h1,3,6H,2,4H2. The Balaban J connectivity index is 2.38. The Morgan fingerprint density at radius 2 is 2.50 bits per heavy atom. The minimum Gasteiger partial charge on any atom is -0.326 e. The normalized spacial score (nSPS) is 19.8. The van der Waals surface area contributed by atoms with Crippen molar-refractivity contribution >= 4 is 12.8 Å². The fourth-order valence-corrected chi connectivity index (χ4v) is 0.687. The maximum Gasteiger partial charge on any atom is 0.0321 e. The molecule has 0 saturated carbocycles. The molecular formula is C4H7NS. The SMILES string of the molecule is SN1C=CCC1. The van der Waals surface area contributed by atoms with Crippen molar-refractivity contribution in [2.45, 2.75) is 6.42 Å². The van der Waals surface area contributed by atoms with E-state index in [9.17, 15) is 0 Å². The van der Waals surface area contributed by atoms with Gasteiger partial charge in [0.05, 0.1) is 0 Å². The number of nitrogens with zero attached hydrogens (tertiary/aromatic N) is 1. The molecule has 0 N–H and O–H groups in total. The Morgan fingerprint density at radius 3 is 2.67 bits per heavy atom. The molecule has 0 aromatic carbocycles. The van der Waals surface area contributed by atoms with E-state index in [2.05, 4.69) is 18.9 Å². The maximum absolute atomic E-state index is 4.04. The van der Waals surface area contributed by atoms with Crippen molar-refractivity contribution in [1.82, 2.24) is 4.31 Å². The van der Waals surface area contributed by atoms with Crippen LogP contribution in [0.25, 0.3) is 0 Å². The lowest BCUT2D eigenvalue weighted by Gasteiger charge is -2.00. The summed E-state index contributed by atoms with van der Waals surface area (Å²) >= 11 is 4.04. The van der Waals surface area contributed by atoms with Gasteiger partial charge < -0.3 is 4.31 Å². The Morgan fingerprint density at radius 1 is 1.67 bits per heavy atom. The zero-order chi connectivity index (χ0) is 4.41. The van der Waals surface area contributed by atoms with Gasteiger partial charge in [0.15, 0.2) is 0 Å². The molecule has 0 fully saturated rings. The number of hydrogen-bond acceptors (Lipinski definition) is 2. The predicted octanol–water partition coefficient (Wildman–Crippen LogP) is 1.05. The van der Waals surface area contributed by atoms with Crippen LogP contribution in [0.2, 0.25) is 0 Å². The molecule has 2 heteroatoms. The van der Waals surface area contributed by atoms with E-state index >= 15 is 0 Å². The van der Waals surface area contributed by atoms with E-state index in [0.29, 0.717) is 0 Å². The first-order valence-corrected chi connectivity index (χ1v) is 2.42. The van der Waals surface area contributed by atoms with Gasteiger partial charge in [-0.3, -0.25) is 0 Å². The molecule has 0 aromatic rings. The molecule has 0 saturated heterocycles. The predicted molar refractivity (Wildman–Crippen MR) is 29.4 cm³/mol. The van der Waals surface area contributed by atoms with Crippen LogP contribution in [-0.4, -0.2) is 10.8 Å². The second-order valence-electron chi connectivity index (χ2n) is 1.34. The Kier molecular flexibility index (Phi) is 1.05. The van der Waals surface area contributed by atoms with E-state index in [0.717, 1.165) is 13.0 Å². The van der Waals surface area contributed by atoms with Gasteiger partial charge in [-0.25, -0.2) is 0 Å². The number of rotatable bonds is 0. The average Bonchev–Trinajstić information content (AvgIpc) is 1.86. The van der Waals surface area contributed by atoms with Crippen molar-refractivity contribution in [2.75, 3.05) is 6.54 Å². The molecule has 0 radical (unpaired) electrons. The van der Waals surface area contributed by atoms with Crippen molar-refractivity contribution in [3.63, 3.8) is 0 Å². The third kappa shape index (κ3) is 0.684. The molecule has 34 valence electrons. The van der Waals surface area contributed by atoms with Crippen LogP contribution in [0.3, 0.4) is 0 Å². The summed E-state index contributed by atoms with van der Waals surface area (Å²) in [6.07, 6.45) is 5.24. The van der Waals surface area contributed by atoms with Gasteiger partial charge in [0.2, 0.25) is 0 Å². The van der Waals surface area contributed by atoms with E-state index in [1.165, 1.54) is 0 Å². The van der Waals surface area contributed by atoms with E-state index in [1.807, 2.05) is 10.5 Å². The lowest BCUT2D eigenvalue weighted by molar-refractivity contribution is 0.680. The smallest absolute Gasteiger partial charge is 0.0321 e. The van der Waals surface area contributed by atoms with Crippen molar-refractivity contribution < 1.29 is 0 Å². The number of thiol groups is 1. The summed E-state index contributed by atoms with van der Waals surface area (Å²) in [7, 11) is 0. The van der Waals surface area contributed by atoms with Crippen LogP contribution in [0.5, 0.6) is 0 Å². The molecule has 0 spiro atoms.